The number of hydrogen-bond acceptors (Lipinski definition) is 0. The van der Waals surface area contributed by atoms with E-state index in [-0.39, 0.29) is 0 Å². The minimum atomic E-state index is 0.936. The van der Waals surface area contributed by atoms with Crippen molar-refractivity contribution < 1.29 is 0 Å². The third-order valence-corrected chi connectivity index (χ3v) is 4.58. The molecule has 0 radical (unpaired) electrons. The van der Waals surface area contributed by atoms with E-state index in [1.54, 1.807) is 0 Å². The monoisotopic (exact) mass is 306 g/mol. The summed E-state index contributed by atoms with van der Waals surface area (Å²) < 4.78 is 0. The van der Waals surface area contributed by atoms with Gasteiger partial charge in [-0.05, 0) is 18.8 Å². The van der Waals surface area contributed by atoms with Crippen LogP contribution in [0.3, 0.4) is 0 Å². The zero-order valence-electron chi connectivity index (χ0n) is 15.9. The van der Waals surface area contributed by atoms with Crippen LogP contribution in [0.25, 0.3) is 0 Å². The molecule has 0 heterocycles. The molecule has 0 fully saturated rings. The van der Waals surface area contributed by atoms with E-state index < -0.39 is 0 Å². The van der Waals surface area contributed by atoms with E-state index in [0.29, 0.717) is 0 Å². The van der Waals surface area contributed by atoms with Crippen LogP contribution in [0.2, 0.25) is 0 Å². The van der Waals surface area contributed by atoms with Crippen LogP contribution < -0.4 is 0 Å². The molecular formula is C22H42. The lowest BCUT2D eigenvalue weighted by atomic mass is 9.96. The van der Waals surface area contributed by atoms with Crippen molar-refractivity contribution in [3.63, 3.8) is 0 Å². The van der Waals surface area contributed by atoms with E-state index in [9.17, 15) is 0 Å². The highest BCUT2D eigenvalue weighted by Crippen LogP contribution is 2.17. The molecule has 0 aromatic heterocycles. The fourth-order valence-corrected chi connectivity index (χ4v) is 2.94. The number of rotatable bonds is 15. The summed E-state index contributed by atoms with van der Waals surface area (Å²) in [5.41, 5.74) is 0. The van der Waals surface area contributed by atoms with Gasteiger partial charge in [0.2, 0.25) is 0 Å². The predicted octanol–water partition coefficient (Wildman–Crippen LogP) is 7.91. The van der Waals surface area contributed by atoms with Crippen LogP contribution in [0.4, 0.5) is 0 Å². The molecule has 0 amide bonds. The van der Waals surface area contributed by atoms with E-state index in [1.807, 2.05) is 0 Å². The molecule has 0 rings (SSSR count). The van der Waals surface area contributed by atoms with Crippen LogP contribution >= 0.6 is 0 Å². The van der Waals surface area contributed by atoms with Crippen molar-refractivity contribution >= 4 is 0 Å². The fourth-order valence-electron chi connectivity index (χ4n) is 2.94. The van der Waals surface area contributed by atoms with Crippen molar-refractivity contribution in [3.05, 3.63) is 0 Å². The second kappa shape index (κ2) is 18.6. The Hall–Kier alpha value is -0.440. The van der Waals surface area contributed by atoms with Gasteiger partial charge in [0, 0.05) is 12.8 Å². The average molecular weight is 307 g/mol. The molecule has 0 aromatic carbocycles. The maximum Gasteiger partial charge on any atom is 0.00886 e. The lowest BCUT2D eigenvalue weighted by Crippen LogP contribution is -1.95. The normalized spacial score (nSPS) is 12.0. The van der Waals surface area contributed by atoms with Crippen LogP contribution in [0.15, 0.2) is 0 Å². The Morgan fingerprint density at radius 1 is 0.545 bits per heavy atom. The van der Waals surface area contributed by atoms with Crippen LogP contribution in [0.5, 0.6) is 0 Å². The lowest BCUT2D eigenvalue weighted by molar-refractivity contribution is 0.435. The van der Waals surface area contributed by atoms with Crippen LogP contribution in [-0.4, -0.2) is 0 Å². The summed E-state index contributed by atoms with van der Waals surface area (Å²) in [4.78, 5) is 0. The highest BCUT2D eigenvalue weighted by Gasteiger charge is 2.01. The van der Waals surface area contributed by atoms with Gasteiger partial charge in [0.05, 0.1) is 0 Å². The number of hydrogen-bond donors (Lipinski definition) is 0. The largest absolute Gasteiger partial charge is 0.103 e. The van der Waals surface area contributed by atoms with Crippen LogP contribution in [0.1, 0.15) is 124 Å². The SMILES string of the molecule is CCCCCC#CCCCCC[C@@H](C)CCCCCCCC. The van der Waals surface area contributed by atoms with Gasteiger partial charge in [0.1, 0.15) is 0 Å². The lowest BCUT2D eigenvalue weighted by Gasteiger charge is -2.10. The Labute approximate surface area is 141 Å². The van der Waals surface area contributed by atoms with Crippen LogP contribution in [0, 0.1) is 17.8 Å². The number of unbranched alkanes of at least 4 members (excludes halogenated alkanes) is 11. The Morgan fingerprint density at radius 2 is 0.955 bits per heavy atom. The smallest absolute Gasteiger partial charge is 0.00886 e. The summed E-state index contributed by atoms with van der Waals surface area (Å²) >= 11 is 0. The van der Waals surface area contributed by atoms with E-state index in [0.717, 1.165) is 18.8 Å². The molecule has 130 valence electrons. The molecule has 0 spiro atoms. The molecule has 0 aliphatic heterocycles. The van der Waals surface area contributed by atoms with Gasteiger partial charge < -0.3 is 0 Å². The molecule has 22 heavy (non-hydrogen) atoms. The van der Waals surface area contributed by atoms with Crippen molar-refractivity contribution in [2.75, 3.05) is 0 Å². The van der Waals surface area contributed by atoms with Gasteiger partial charge in [-0.2, -0.15) is 0 Å². The second-order valence-corrected chi connectivity index (χ2v) is 7.07. The minimum absolute atomic E-state index is 0.936. The topological polar surface area (TPSA) is 0 Å². The van der Waals surface area contributed by atoms with Gasteiger partial charge in [0.25, 0.3) is 0 Å². The van der Waals surface area contributed by atoms with Gasteiger partial charge in [-0.15, -0.1) is 11.8 Å². The summed E-state index contributed by atoms with van der Waals surface area (Å²) in [5, 5.41) is 0. The van der Waals surface area contributed by atoms with Gasteiger partial charge in [-0.1, -0.05) is 97.8 Å². The third-order valence-electron chi connectivity index (χ3n) is 4.58. The third kappa shape index (κ3) is 17.6. The quantitative estimate of drug-likeness (QED) is 0.213. The predicted molar refractivity (Wildman–Crippen MR) is 102 cm³/mol. The molecule has 0 aliphatic carbocycles. The first-order valence-corrected chi connectivity index (χ1v) is 10.3. The molecule has 0 heteroatoms. The molecule has 0 saturated carbocycles. The first-order valence-electron chi connectivity index (χ1n) is 10.3. The Balaban J connectivity index is 3.22. The van der Waals surface area contributed by atoms with E-state index >= 15 is 0 Å². The highest BCUT2D eigenvalue weighted by atomic mass is 14.1. The molecule has 1 atom stereocenters. The standard InChI is InChI=1S/C22H42/c1-4-6-8-10-12-13-14-15-17-19-21-22(3)20-18-16-11-9-7-5-2/h22H,4-11,14-21H2,1-3H3/t22-/m0/s1. The van der Waals surface area contributed by atoms with Crippen LogP contribution in [-0.2, 0) is 0 Å². The summed E-state index contributed by atoms with van der Waals surface area (Å²) in [6.07, 6.45) is 21.8. The maximum absolute atomic E-state index is 3.34. The Kier molecular flexibility index (Phi) is 18.2. The molecular weight excluding hydrogens is 264 g/mol. The molecule has 0 aromatic rings. The molecule has 0 nitrogen and oxygen atoms in total. The van der Waals surface area contributed by atoms with Gasteiger partial charge in [0.15, 0.2) is 0 Å². The first-order chi connectivity index (χ1) is 10.8. The zero-order valence-corrected chi connectivity index (χ0v) is 15.9. The second-order valence-electron chi connectivity index (χ2n) is 7.07. The Bertz CT molecular complexity index is 255. The van der Waals surface area contributed by atoms with Crippen molar-refractivity contribution in [3.8, 4) is 11.8 Å². The molecule has 0 bridgehead atoms. The van der Waals surface area contributed by atoms with Gasteiger partial charge >= 0.3 is 0 Å². The van der Waals surface area contributed by atoms with Gasteiger partial charge in [-0.25, -0.2) is 0 Å². The molecule has 0 N–H and O–H groups in total. The first kappa shape index (κ1) is 21.6. The van der Waals surface area contributed by atoms with Crippen molar-refractivity contribution in [2.45, 2.75) is 124 Å². The van der Waals surface area contributed by atoms with E-state index in [4.69, 9.17) is 0 Å². The molecule has 0 saturated heterocycles. The summed E-state index contributed by atoms with van der Waals surface area (Å²) in [5.74, 6) is 7.60. The van der Waals surface area contributed by atoms with Crippen molar-refractivity contribution in [1.82, 2.24) is 0 Å². The fraction of sp³-hybridized carbons (Fsp3) is 0.909. The van der Waals surface area contributed by atoms with Gasteiger partial charge in [-0.3, -0.25) is 0 Å². The molecule has 0 unspecified atom stereocenters. The summed E-state index contributed by atoms with van der Waals surface area (Å²) in [6, 6.07) is 0. The van der Waals surface area contributed by atoms with E-state index in [2.05, 4.69) is 32.6 Å². The zero-order chi connectivity index (χ0) is 16.3. The maximum atomic E-state index is 3.34. The summed E-state index contributed by atoms with van der Waals surface area (Å²) in [6.45, 7) is 6.99. The highest BCUT2D eigenvalue weighted by molar-refractivity contribution is 4.98. The minimum Gasteiger partial charge on any atom is -0.103 e. The van der Waals surface area contributed by atoms with Crippen molar-refractivity contribution in [1.29, 1.82) is 0 Å². The Morgan fingerprint density at radius 3 is 1.55 bits per heavy atom. The van der Waals surface area contributed by atoms with E-state index in [1.165, 1.54) is 89.9 Å². The summed E-state index contributed by atoms with van der Waals surface area (Å²) in [7, 11) is 0. The molecule has 0 aliphatic rings. The average Bonchev–Trinajstić information content (AvgIpc) is 2.52. The van der Waals surface area contributed by atoms with Crippen molar-refractivity contribution in [2.24, 2.45) is 5.92 Å².